The first-order chi connectivity index (χ1) is 27.4. The lowest BCUT2D eigenvalue weighted by Crippen LogP contribution is -2.30. The number of aromatic nitrogens is 6. The molecular formula is C42H42N12O2. The van der Waals surface area contributed by atoms with Crippen LogP contribution in [0.1, 0.15) is 54.7 Å². The number of hydrogen-bond donors (Lipinski definition) is 4. The van der Waals surface area contributed by atoms with Crippen LogP contribution >= 0.6 is 0 Å². The fourth-order valence-electron chi connectivity index (χ4n) is 6.98. The topological polar surface area (TPSA) is 194 Å². The third-order valence-corrected chi connectivity index (χ3v) is 9.51. The van der Waals surface area contributed by atoms with Crippen LogP contribution in [0.2, 0.25) is 0 Å². The number of nitrogens with two attached hydrogens (primary N) is 2. The number of nitrogens with one attached hydrogen (secondary N) is 2. The highest BCUT2D eigenvalue weighted by Gasteiger charge is 2.21. The quantitative estimate of drug-likeness (QED) is 0.194. The van der Waals surface area contributed by atoms with Crippen LogP contribution in [0, 0.1) is 0 Å². The van der Waals surface area contributed by atoms with E-state index in [1.165, 1.54) is 0 Å². The molecule has 0 aliphatic carbocycles. The van der Waals surface area contributed by atoms with E-state index in [0.717, 1.165) is 45.4 Å². The number of rotatable bonds is 6. The maximum atomic E-state index is 13.6. The molecule has 282 valence electrons. The fourth-order valence-corrected chi connectivity index (χ4v) is 6.98. The summed E-state index contributed by atoms with van der Waals surface area (Å²) in [6, 6.07) is 29.0. The van der Waals surface area contributed by atoms with Crippen molar-refractivity contribution in [3.63, 3.8) is 0 Å². The van der Waals surface area contributed by atoms with Gasteiger partial charge in [0.05, 0.1) is 62.6 Å². The van der Waals surface area contributed by atoms with Crippen LogP contribution in [0.3, 0.4) is 0 Å². The lowest BCUT2D eigenvalue weighted by Gasteiger charge is -2.23. The SMILES string of the molecule is NCCNC(=O)c1cc2nc(c1)-c1cc(C(=O)NCCN)cc(n1)C[N@@]1Cc3cccc(n3)-c3ccc(cn3)C[N@](Cc3cccc(n3)-c3cccc(n3)C1)C2. The lowest BCUT2D eigenvalue weighted by molar-refractivity contribution is 0.0946. The zero-order valence-electron chi connectivity index (χ0n) is 30.9. The summed E-state index contributed by atoms with van der Waals surface area (Å²) in [5, 5.41) is 5.80. The number of pyridine rings is 6. The molecule has 6 aromatic heterocycles. The summed E-state index contributed by atoms with van der Waals surface area (Å²) in [6.45, 7) is 3.76. The van der Waals surface area contributed by atoms with E-state index in [1.54, 1.807) is 24.3 Å². The van der Waals surface area contributed by atoms with Crippen molar-refractivity contribution in [1.29, 1.82) is 0 Å². The van der Waals surface area contributed by atoms with Gasteiger partial charge >= 0.3 is 0 Å². The summed E-state index contributed by atoms with van der Waals surface area (Å²) < 4.78 is 0. The van der Waals surface area contributed by atoms with Crippen molar-refractivity contribution in [3.8, 4) is 34.2 Å². The molecule has 2 amide bonds. The van der Waals surface area contributed by atoms with E-state index in [9.17, 15) is 9.59 Å². The van der Waals surface area contributed by atoms with Crippen LogP contribution < -0.4 is 22.1 Å². The molecular weight excluding hydrogens is 705 g/mol. The van der Waals surface area contributed by atoms with Gasteiger partial charge in [-0.1, -0.05) is 24.3 Å². The summed E-state index contributed by atoms with van der Waals surface area (Å²) in [5.41, 5.74) is 21.0. The molecule has 2 atom stereocenters. The Morgan fingerprint density at radius 1 is 0.500 bits per heavy atom. The van der Waals surface area contributed by atoms with Gasteiger partial charge in [0.1, 0.15) is 0 Å². The van der Waals surface area contributed by atoms with Crippen molar-refractivity contribution in [2.45, 2.75) is 39.3 Å². The zero-order valence-corrected chi connectivity index (χ0v) is 30.9. The van der Waals surface area contributed by atoms with Gasteiger partial charge in [0.15, 0.2) is 0 Å². The van der Waals surface area contributed by atoms with Gasteiger partial charge < -0.3 is 22.1 Å². The predicted molar refractivity (Wildman–Crippen MR) is 211 cm³/mol. The molecule has 56 heavy (non-hydrogen) atoms. The minimum atomic E-state index is -0.287. The van der Waals surface area contributed by atoms with Crippen LogP contribution in [0.25, 0.3) is 34.2 Å². The molecule has 0 unspecified atom stereocenters. The number of amides is 2. The fraction of sp³-hybridized carbons (Fsp3) is 0.238. The van der Waals surface area contributed by atoms with Crippen molar-refractivity contribution >= 4 is 11.8 Å². The van der Waals surface area contributed by atoms with Crippen molar-refractivity contribution in [2.24, 2.45) is 11.5 Å². The zero-order chi connectivity index (χ0) is 38.4. The van der Waals surface area contributed by atoms with Crippen LogP contribution in [0.5, 0.6) is 0 Å². The van der Waals surface area contributed by atoms with E-state index in [2.05, 4.69) is 26.5 Å². The molecule has 5 aliphatic rings. The molecule has 0 saturated carbocycles. The Bertz CT molecular complexity index is 2390. The third-order valence-electron chi connectivity index (χ3n) is 9.51. The normalized spacial score (nSPS) is 16.0. The Labute approximate surface area is 324 Å². The van der Waals surface area contributed by atoms with Crippen molar-refractivity contribution in [2.75, 3.05) is 26.2 Å². The van der Waals surface area contributed by atoms with Gasteiger partial charge in [0.25, 0.3) is 11.8 Å². The van der Waals surface area contributed by atoms with Gasteiger partial charge in [-0.15, -0.1) is 0 Å². The van der Waals surface area contributed by atoms with E-state index in [1.807, 2.05) is 66.9 Å². The number of hydrogen-bond acceptors (Lipinski definition) is 12. The number of carbonyl (C=O) groups excluding carboxylic acids is 2. The maximum Gasteiger partial charge on any atom is 0.251 e. The van der Waals surface area contributed by atoms with Crippen LogP contribution in [-0.4, -0.2) is 77.7 Å². The summed E-state index contributed by atoms with van der Waals surface area (Å²) in [7, 11) is 0. The molecule has 11 heterocycles. The molecule has 0 fully saturated rings. The van der Waals surface area contributed by atoms with Gasteiger partial charge in [0.2, 0.25) is 0 Å². The first-order valence-electron chi connectivity index (χ1n) is 18.7. The Morgan fingerprint density at radius 3 is 1.38 bits per heavy atom. The van der Waals surface area contributed by atoms with Crippen LogP contribution in [0.4, 0.5) is 0 Å². The maximum absolute atomic E-state index is 13.6. The van der Waals surface area contributed by atoms with E-state index < -0.39 is 0 Å². The Hall–Kier alpha value is -6.32. The molecule has 6 N–H and O–H groups in total. The summed E-state index contributed by atoms with van der Waals surface area (Å²) in [5.74, 6) is -0.571. The Balaban J connectivity index is 1.36. The van der Waals surface area contributed by atoms with Gasteiger partial charge in [-0.25, -0.2) is 24.9 Å². The summed E-state index contributed by atoms with van der Waals surface area (Å²) >= 11 is 0. The van der Waals surface area contributed by atoms with E-state index in [-0.39, 0.29) is 11.8 Å². The summed E-state index contributed by atoms with van der Waals surface area (Å²) in [4.78, 5) is 61.8. The van der Waals surface area contributed by atoms with Crippen molar-refractivity contribution < 1.29 is 9.59 Å². The first-order valence-corrected chi connectivity index (χ1v) is 18.7. The largest absolute Gasteiger partial charge is 0.351 e. The van der Waals surface area contributed by atoms with Gasteiger partial charge in [-0.2, -0.15) is 0 Å². The standard InChI is InChI=1S/C42H42N12O2/c43-12-14-45-41(55)28-16-33-25-53-21-27-10-11-35(47-20-27)36-7-1-4-31(48-36)23-54(24-32-6-3-9-38(50-32)37-8-2-5-30(22-53)49-37)26-34-17-29(42(56)46-15-13-44)19-40(52-34)39(18-28)51-33/h1-11,16-20H,12-15,21-26,43-44H2,(H,45,55)(H,46,56). The Morgan fingerprint density at radius 2 is 0.929 bits per heavy atom. The van der Waals surface area contributed by atoms with E-state index in [0.29, 0.717) is 99.4 Å². The van der Waals surface area contributed by atoms with Crippen LogP contribution in [-0.2, 0) is 39.3 Å². The monoisotopic (exact) mass is 746 g/mol. The van der Waals surface area contributed by atoms with Crippen molar-refractivity contribution in [3.05, 3.63) is 142 Å². The Kier molecular flexibility index (Phi) is 10.9. The van der Waals surface area contributed by atoms with E-state index in [4.69, 9.17) is 41.4 Å². The highest BCUT2D eigenvalue weighted by molar-refractivity contribution is 5.96. The average Bonchev–Trinajstić information content (AvgIpc) is 3.21. The molecule has 5 aliphatic heterocycles. The van der Waals surface area contributed by atoms with E-state index >= 15 is 0 Å². The molecule has 0 spiro atoms. The molecule has 0 saturated heterocycles. The van der Waals surface area contributed by atoms with Crippen LogP contribution in [0.15, 0.2) is 97.2 Å². The number of nitrogens with zero attached hydrogens (tertiary/aromatic N) is 8. The average molecular weight is 747 g/mol. The van der Waals surface area contributed by atoms with Gasteiger partial charge in [-0.05, 0) is 72.3 Å². The van der Waals surface area contributed by atoms with Crippen molar-refractivity contribution in [1.82, 2.24) is 50.3 Å². The molecule has 14 bridgehead atoms. The minimum absolute atomic E-state index is 0.285. The smallest absolute Gasteiger partial charge is 0.251 e. The predicted octanol–water partition coefficient (Wildman–Crippen LogP) is 3.47. The van der Waals surface area contributed by atoms with Gasteiger partial charge in [0, 0.05) is 82.8 Å². The second kappa shape index (κ2) is 16.6. The molecule has 11 rings (SSSR count). The molecule has 0 aromatic carbocycles. The molecule has 0 radical (unpaired) electrons. The molecule has 6 aromatic rings. The molecule has 14 nitrogen and oxygen atoms in total. The first kappa shape index (κ1) is 36.6. The third kappa shape index (κ3) is 8.64. The highest BCUT2D eigenvalue weighted by atomic mass is 16.2. The highest BCUT2D eigenvalue weighted by Crippen LogP contribution is 2.26. The summed E-state index contributed by atoms with van der Waals surface area (Å²) in [6.07, 6.45) is 1.88. The number of carbonyl (C=O) groups is 2. The minimum Gasteiger partial charge on any atom is -0.351 e. The van der Waals surface area contributed by atoms with Gasteiger partial charge in [-0.3, -0.25) is 24.4 Å². The lowest BCUT2D eigenvalue weighted by atomic mass is 10.1. The second-order valence-corrected chi connectivity index (χ2v) is 13.9. The molecule has 14 heteroatoms. The second-order valence-electron chi connectivity index (χ2n) is 13.9.